The van der Waals surface area contributed by atoms with E-state index in [0.717, 1.165) is 5.92 Å². The second kappa shape index (κ2) is 3.86. The largest absolute Gasteiger partial charge is 0.0702 e. The van der Waals surface area contributed by atoms with E-state index in [4.69, 9.17) is 0 Å². The van der Waals surface area contributed by atoms with Crippen LogP contribution in [0.15, 0.2) is 11.1 Å². The van der Waals surface area contributed by atoms with E-state index in [-0.39, 0.29) is 0 Å². The Labute approximate surface area is 83.4 Å². The highest BCUT2D eigenvalue weighted by molar-refractivity contribution is 5.23. The maximum atomic E-state index is 2.35. The molecule has 0 aromatic carbocycles. The Morgan fingerprint density at radius 3 is 1.85 bits per heavy atom. The van der Waals surface area contributed by atoms with Crippen molar-refractivity contribution in [3.05, 3.63) is 11.1 Å². The van der Waals surface area contributed by atoms with Crippen LogP contribution in [0.5, 0.6) is 0 Å². The van der Waals surface area contributed by atoms with Gasteiger partial charge in [0.25, 0.3) is 0 Å². The zero-order valence-electron chi connectivity index (χ0n) is 9.91. The molecule has 0 aromatic heterocycles. The zero-order valence-corrected chi connectivity index (χ0v) is 9.91. The van der Waals surface area contributed by atoms with E-state index in [1.54, 1.807) is 11.1 Å². The molecule has 0 spiro atoms. The van der Waals surface area contributed by atoms with E-state index in [1.165, 1.54) is 25.7 Å². The normalized spacial score (nSPS) is 18.5. The van der Waals surface area contributed by atoms with Gasteiger partial charge in [0.2, 0.25) is 0 Å². The minimum Gasteiger partial charge on any atom is -0.0702 e. The Balaban J connectivity index is 2.96. The summed E-state index contributed by atoms with van der Waals surface area (Å²) in [5.41, 5.74) is 3.88. The molecule has 0 bridgehead atoms. The van der Waals surface area contributed by atoms with Gasteiger partial charge in [-0.1, -0.05) is 45.8 Å². The smallest absolute Gasteiger partial charge is 0.0168 e. The molecule has 0 amide bonds. The fourth-order valence-corrected chi connectivity index (χ4v) is 2.88. The van der Waals surface area contributed by atoms with E-state index < -0.39 is 0 Å². The van der Waals surface area contributed by atoms with Crippen molar-refractivity contribution in [1.82, 2.24) is 0 Å². The SMILES string of the molecule is CC(C)C(=C1CCCC1)C(C)(C)C. The first kappa shape index (κ1) is 10.8. The van der Waals surface area contributed by atoms with E-state index in [9.17, 15) is 0 Å². The van der Waals surface area contributed by atoms with Gasteiger partial charge >= 0.3 is 0 Å². The van der Waals surface area contributed by atoms with Gasteiger partial charge in [-0.3, -0.25) is 0 Å². The third-order valence-corrected chi connectivity index (χ3v) is 2.97. The van der Waals surface area contributed by atoms with Crippen molar-refractivity contribution >= 4 is 0 Å². The minimum absolute atomic E-state index is 0.383. The highest BCUT2D eigenvalue weighted by Crippen LogP contribution is 2.39. The fraction of sp³-hybridized carbons (Fsp3) is 0.846. The molecular weight excluding hydrogens is 156 g/mol. The first-order valence-corrected chi connectivity index (χ1v) is 5.65. The lowest BCUT2D eigenvalue weighted by Gasteiger charge is -2.29. The topological polar surface area (TPSA) is 0 Å². The number of hydrogen-bond acceptors (Lipinski definition) is 0. The lowest BCUT2D eigenvalue weighted by atomic mass is 9.77. The Bertz CT molecular complexity index is 193. The molecular formula is C13H24. The molecule has 0 aromatic rings. The third kappa shape index (κ3) is 2.59. The van der Waals surface area contributed by atoms with Gasteiger partial charge in [0.15, 0.2) is 0 Å². The lowest BCUT2D eigenvalue weighted by Crippen LogP contribution is -2.16. The molecule has 0 radical (unpaired) electrons. The fourth-order valence-electron chi connectivity index (χ4n) is 2.88. The first-order valence-electron chi connectivity index (χ1n) is 5.65. The summed E-state index contributed by atoms with van der Waals surface area (Å²) in [7, 11) is 0. The van der Waals surface area contributed by atoms with E-state index >= 15 is 0 Å². The lowest BCUT2D eigenvalue weighted by molar-refractivity contribution is 0.439. The maximum Gasteiger partial charge on any atom is -0.0168 e. The van der Waals surface area contributed by atoms with Crippen LogP contribution < -0.4 is 0 Å². The second-order valence-corrected chi connectivity index (χ2v) is 5.63. The Morgan fingerprint density at radius 2 is 1.54 bits per heavy atom. The van der Waals surface area contributed by atoms with Crippen molar-refractivity contribution in [3.8, 4) is 0 Å². The third-order valence-electron chi connectivity index (χ3n) is 2.97. The standard InChI is InChI=1S/C13H24/c1-10(2)12(13(3,4)5)11-8-6-7-9-11/h10H,6-9H2,1-5H3. The second-order valence-electron chi connectivity index (χ2n) is 5.63. The number of allylic oxidation sites excluding steroid dienone is 2. The summed E-state index contributed by atoms with van der Waals surface area (Å²) < 4.78 is 0. The van der Waals surface area contributed by atoms with Crippen molar-refractivity contribution in [2.24, 2.45) is 11.3 Å². The average molecular weight is 180 g/mol. The Kier molecular flexibility index (Phi) is 3.21. The van der Waals surface area contributed by atoms with Crippen LogP contribution in [0.4, 0.5) is 0 Å². The number of rotatable bonds is 1. The van der Waals surface area contributed by atoms with Gasteiger partial charge in [0, 0.05) is 0 Å². The van der Waals surface area contributed by atoms with Crippen LogP contribution in [0.3, 0.4) is 0 Å². The Morgan fingerprint density at radius 1 is 1.08 bits per heavy atom. The van der Waals surface area contributed by atoms with Crippen LogP contribution in [0.2, 0.25) is 0 Å². The molecule has 0 unspecified atom stereocenters. The highest BCUT2D eigenvalue weighted by Gasteiger charge is 2.24. The molecule has 0 aliphatic heterocycles. The van der Waals surface area contributed by atoms with Crippen molar-refractivity contribution < 1.29 is 0 Å². The molecule has 0 heterocycles. The summed E-state index contributed by atoms with van der Waals surface area (Å²) >= 11 is 0. The number of hydrogen-bond donors (Lipinski definition) is 0. The van der Waals surface area contributed by atoms with Gasteiger partial charge in [0.05, 0.1) is 0 Å². The van der Waals surface area contributed by atoms with Crippen molar-refractivity contribution in [3.63, 3.8) is 0 Å². The molecule has 0 heteroatoms. The summed E-state index contributed by atoms with van der Waals surface area (Å²) in [5.74, 6) is 0.730. The van der Waals surface area contributed by atoms with Crippen LogP contribution >= 0.6 is 0 Å². The quantitative estimate of drug-likeness (QED) is 0.519. The molecule has 1 saturated carbocycles. The van der Waals surface area contributed by atoms with Gasteiger partial charge in [-0.2, -0.15) is 0 Å². The monoisotopic (exact) mass is 180 g/mol. The molecule has 1 fully saturated rings. The molecule has 76 valence electrons. The van der Waals surface area contributed by atoms with Gasteiger partial charge in [-0.05, 0) is 37.0 Å². The van der Waals surface area contributed by atoms with Crippen LogP contribution in [0.25, 0.3) is 0 Å². The molecule has 1 aliphatic carbocycles. The molecule has 0 nitrogen and oxygen atoms in total. The van der Waals surface area contributed by atoms with E-state index in [0.29, 0.717) is 5.41 Å². The molecule has 1 rings (SSSR count). The van der Waals surface area contributed by atoms with Crippen LogP contribution in [0.1, 0.15) is 60.3 Å². The molecule has 0 atom stereocenters. The minimum atomic E-state index is 0.383. The van der Waals surface area contributed by atoms with Crippen LogP contribution in [0, 0.1) is 11.3 Å². The predicted molar refractivity (Wildman–Crippen MR) is 59.8 cm³/mol. The first-order chi connectivity index (χ1) is 5.93. The highest BCUT2D eigenvalue weighted by atomic mass is 14.3. The van der Waals surface area contributed by atoms with Gasteiger partial charge in [-0.25, -0.2) is 0 Å². The summed E-state index contributed by atoms with van der Waals surface area (Å²) in [6.07, 6.45) is 5.57. The summed E-state index contributed by atoms with van der Waals surface area (Å²) in [4.78, 5) is 0. The van der Waals surface area contributed by atoms with Crippen molar-refractivity contribution in [1.29, 1.82) is 0 Å². The Hall–Kier alpha value is -0.260. The molecule has 0 N–H and O–H groups in total. The molecule has 0 saturated heterocycles. The molecule has 1 aliphatic rings. The summed E-state index contributed by atoms with van der Waals surface area (Å²) in [6.45, 7) is 11.7. The predicted octanol–water partition coefficient (Wildman–Crippen LogP) is 4.56. The van der Waals surface area contributed by atoms with Crippen molar-refractivity contribution in [2.75, 3.05) is 0 Å². The van der Waals surface area contributed by atoms with Gasteiger partial charge in [-0.15, -0.1) is 0 Å². The van der Waals surface area contributed by atoms with Crippen molar-refractivity contribution in [2.45, 2.75) is 60.3 Å². The zero-order chi connectivity index (χ0) is 10.1. The van der Waals surface area contributed by atoms with Crippen LogP contribution in [-0.2, 0) is 0 Å². The van der Waals surface area contributed by atoms with E-state index in [1.807, 2.05) is 0 Å². The summed E-state index contributed by atoms with van der Waals surface area (Å²) in [6, 6.07) is 0. The van der Waals surface area contributed by atoms with Gasteiger partial charge < -0.3 is 0 Å². The maximum absolute atomic E-state index is 2.35. The van der Waals surface area contributed by atoms with E-state index in [2.05, 4.69) is 34.6 Å². The van der Waals surface area contributed by atoms with Gasteiger partial charge in [0.1, 0.15) is 0 Å². The summed E-state index contributed by atoms with van der Waals surface area (Å²) in [5, 5.41) is 0. The average Bonchev–Trinajstić information content (AvgIpc) is 2.34. The van der Waals surface area contributed by atoms with Crippen LogP contribution in [-0.4, -0.2) is 0 Å². The molecule has 13 heavy (non-hydrogen) atoms.